The average molecular weight is 280 g/mol. The highest BCUT2D eigenvalue weighted by Crippen LogP contribution is 2.29. The molecule has 112 valence electrons. The normalized spacial score (nSPS) is 19.9. The molecule has 1 atom stereocenters. The molecule has 1 aromatic carbocycles. The van der Waals surface area contributed by atoms with E-state index in [0.29, 0.717) is 31.6 Å². The standard InChI is InChI=1S/C16H25FN2O/c1-4-18-12(2)13-5-6-15(14(17)11-13)19-9-7-16(3,20)8-10-19/h5-6,11-12,18,20H,4,7-10H2,1-3H3. The molecule has 0 bridgehead atoms. The van der Waals surface area contributed by atoms with Crippen molar-refractivity contribution in [3.63, 3.8) is 0 Å². The van der Waals surface area contributed by atoms with Gasteiger partial charge >= 0.3 is 0 Å². The van der Waals surface area contributed by atoms with E-state index < -0.39 is 5.60 Å². The van der Waals surface area contributed by atoms with E-state index in [1.165, 1.54) is 0 Å². The lowest BCUT2D eigenvalue weighted by Crippen LogP contribution is -2.42. The number of halogens is 1. The van der Waals surface area contributed by atoms with E-state index in [9.17, 15) is 9.50 Å². The highest BCUT2D eigenvalue weighted by Gasteiger charge is 2.28. The van der Waals surface area contributed by atoms with Gasteiger partial charge in [-0.3, -0.25) is 0 Å². The van der Waals surface area contributed by atoms with Crippen LogP contribution in [0.5, 0.6) is 0 Å². The summed E-state index contributed by atoms with van der Waals surface area (Å²) in [6, 6.07) is 5.62. The maximum absolute atomic E-state index is 14.3. The summed E-state index contributed by atoms with van der Waals surface area (Å²) >= 11 is 0. The van der Waals surface area contributed by atoms with Gasteiger partial charge in [0.1, 0.15) is 5.82 Å². The summed E-state index contributed by atoms with van der Waals surface area (Å²) in [6.45, 7) is 8.20. The highest BCUT2D eigenvalue weighted by atomic mass is 19.1. The zero-order valence-electron chi connectivity index (χ0n) is 12.6. The average Bonchev–Trinajstić information content (AvgIpc) is 2.39. The Morgan fingerprint density at radius 2 is 2.05 bits per heavy atom. The van der Waals surface area contributed by atoms with Gasteiger partial charge in [-0.05, 0) is 50.9 Å². The Bertz CT molecular complexity index is 452. The Labute approximate surface area is 120 Å². The lowest BCUT2D eigenvalue weighted by Gasteiger charge is -2.37. The van der Waals surface area contributed by atoms with Crippen LogP contribution in [0.15, 0.2) is 18.2 Å². The first-order valence-electron chi connectivity index (χ1n) is 7.43. The molecule has 1 aliphatic heterocycles. The van der Waals surface area contributed by atoms with Crippen LogP contribution in [0.3, 0.4) is 0 Å². The van der Waals surface area contributed by atoms with Crippen LogP contribution in [0.1, 0.15) is 45.2 Å². The van der Waals surface area contributed by atoms with Gasteiger partial charge in [0.2, 0.25) is 0 Å². The smallest absolute Gasteiger partial charge is 0.146 e. The van der Waals surface area contributed by atoms with Gasteiger partial charge in [-0.1, -0.05) is 13.0 Å². The molecule has 0 aliphatic carbocycles. The molecule has 20 heavy (non-hydrogen) atoms. The number of anilines is 1. The Morgan fingerprint density at radius 1 is 1.40 bits per heavy atom. The van der Waals surface area contributed by atoms with Gasteiger partial charge in [-0.2, -0.15) is 0 Å². The summed E-state index contributed by atoms with van der Waals surface area (Å²) < 4.78 is 14.3. The highest BCUT2D eigenvalue weighted by molar-refractivity contribution is 5.50. The van der Waals surface area contributed by atoms with Gasteiger partial charge in [0, 0.05) is 19.1 Å². The predicted octanol–water partition coefficient (Wildman–Crippen LogP) is 2.85. The molecule has 0 saturated carbocycles. The first-order chi connectivity index (χ1) is 9.43. The Balaban J connectivity index is 2.10. The van der Waals surface area contributed by atoms with Crippen LogP contribution in [0.2, 0.25) is 0 Å². The maximum Gasteiger partial charge on any atom is 0.146 e. The van der Waals surface area contributed by atoms with Crippen molar-refractivity contribution in [1.82, 2.24) is 5.32 Å². The van der Waals surface area contributed by atoms with E-state index in [0.717, 1.165) is 12.1 Å². The van der Waals surface area contributed by atoms with Crippen LogP contribution < -0.4 is 10.2 Å². The molecule has 2 N–H and O–H groups in total. The number of hydrogen-bond acceptors (Lipinski definition) is 3. The number of piperidine rings is 1. The van der Waals surface area contributed by atoms with Gasteiger partial charge in [-0.25, -0.2) is 4.39 Å². The summed E-state index contributed by atoms with van der Waals surface area (Å²) in [5, 5.41) is 13.2. The van der Waals surface area contributed by atoms with Crippen molar-refractivity contribution in [3.8, 4) is 0 Å². The second-order valence-electron chi connectivity index (χ2n) is 5.97. The third kappa shape index (κ3) is 3.49. The molecule has 1 heterocycles. The fourth-order valence-electron chi connectivity index (χ4n) is 2.70. The second-order valence-corrected chi connectivity index (χ2v) is 5.97. The zero-order valence-corrected chi connectivity index (χ0v) is 12.6. The molecule has 1 fully saturated rings. The van der Waals surface area contributed by atoms with Crippen molar-refractivity contribution in [2.75, 3.05) is 24.5 Å². The molecule has 4 heteroatoms. The number of nitrogens with one attached hydrogen (secondary N) is 1. The number of rotatable bonds is 4. The summed E-state index contributed by atoms with van der Waals surface area (Å²) in [5.41, 5.74) is 1.01. The van der Waals surface area contributed by atoms with E-state index in [4.69, 9.17) is 0 Å². The van der Waals surface area contributed by atoms with E-state index in [1.807, 2.05) is 37.8 Å². The van der Waals surface area contributed by atoms with Crippen LogP contribution >= 0.6 is 0 Å². The topological polar surface area (TPSA) is 35.5 Å². The third-order valence-electron chi connectivity index (χ3n) is 4.16. The van der Waals surface area contributed by atoms with Crippen LogP contribution in [-0.4, -0.2) is 30.3 Å². The van der Waals surface area contributed by atoms with E-state index in [1.54, 1.807) is 6.07 Å². The number of nitrogens with zero attached hydrogens (tertiary/aromatic N) is 1. The minimum absolute atomic E-state index is 0.158. The van der Waals surface area contributed by atoms with Crippen molar-refractivity contribution < 1.29 is 9.50 Å². The van der Waals surface area contributed by atoms with Crippen LogP contribution in [0, 0.1) is 5.82 Å². The molecule has 0 amide bonds. The Morgan fingerprint density at radius 3 is 2.60 bits per heavy atom. The lowest BCUT2D eigenvalue weighted by atomic mass is 9.93. The molecule has 1 aliphatic rings. The van der Waals surface area contributed by atoms with Crippen LogP contribution in [-0.2, 0) is 0 Å². The number of hydrogen-bond donors (Lipinski definition) is 2. The second kappa shape index (κ2) is 6.10. The number of aliphatic hydroxyl groups is 1. The quantitative estimate of drug-likeness (QED) is 0.890. The molecule has 1 saturated heterocycles. The summed E-state index contributed by atoms with van der Waals surface area (Å²) in [5.74, 6) is -0.172. The molecule has 2 rings (SSSR count). The lowest BCUT2D eigenvalue weighted by molar-refractivity contribution is 0.0350. The molecule has 1 unspecified atom stereocenters. The monoisotopic (exact) mass is 280 g/mol. The SMILES string of the molecule is CCNC(C)c1ccc(N2CCC(C)(O)CC2)c(F)c1. The minimum atomic E-state index is -0.605. The van der Waals surface area contributed by atoms with Gasteiger partial charge in [0.25, 0.3) is 0 Å². The van der Waals surface area contributed by atoms with Crippen molar-refractivity contribution >= 4 is 5.69 Å². The summed E-state index contributed by atoms with van der Waals surface area (Å²) in [7, 11) is 0. The minimum Gasteiger partial charge on any atom is -0.390 e. The Kier molecular flexibility index (Phi) is 4.66. The first-order valence-corrected chi connectivity index (χ1v) is 7.43. The van der Waals surface area contributed by atoms with E-state index >= 15 is 0 Å². The molecule has 3 nitrogen and oxygen atoms in total. The fourth-order valence-corrected chi connectivity index (χ4v) is 2.70. The first kappa shape index (κ1) is 15.3. The van der Waals surface area contributed by atoms with E-state index in [-0.39, 0.29) is 11.9 Å². The number of benzene rings is 1. The van der Waals surface area contributed by atoms with E-state index in [2.05, 4.69) is 5.32 Å². The molecule has 0 aromatic heterocycles. The molecular formula is C16H25FN2O. The largest absolute Gasteiger partial charge is 0.390 e. The van der Waals surface area contributed by atoms with Gasteiger partial charge in [-0.15, -0.1) is 0 Å². The summed E-state index contributed by atoms with van der Waals surface area (Å²) in [6.07, 6.45) is 1.37. The van der Waals surface area contributed by atoms with Crippen molar-refractivity contribution in [2.45, 2.75) is 45.3 Å². The predicted molar refractivity (Wildman–Crippen MR) is 80.6 cm³/mol. The zero-order chi connectivity index (χ0) is 14.8. The molecule has 0 spiro atoms. The molecular weight excluding hydrogens is 255 g/mol. The third-order valence-corrected chi connectivity index (χ3v) is 4.16. The molecule has 1 aromatic rings. The van der Waals surface area contributed by atoms with Gasteiger partial charge in [0.15, 0.2) is 0 Å². The van der Waals surface area contributed by atoms with Crippen LogP contribution in [0.4, 0.5) is 10.1 Å². The summed E-state index contributed by atoms with van der Waals surface area (Å²) in [4.78, 5) is 2.02. The van der Waals surface area contributed by atoms with Gasteiger partial charge < -0.3 is 15.3 Å². The Hall–Kier alpha value is -1.13. The van der Waals surface area contributed by atoms with Crippen molar-refractivity contribution in [2.24, 2.45) is 0 Å². The van der Waals surface area contributed by atoms with Crippen LogP contribution in [0.25, 0.3) is 0 Å². The van der Waals surface area contributed by atoms with Crippen molar-refractivity contribution in [3.05, 3.63) is 29.6 Å². The van der Waals surface area contributed by atoms with Gasteiger partial charge in [0.05, 0.1) is 11.3 Å². The molecule has 0 radical (unpaired) electrons. The fraction of sp³-hybridized carbons (Fsp3) is 0.625. The maximum atomic E-state index is 14.3. The van der Waals surface area contributed by atoms with Crippen molar-refractivity contribution in [1.29, 1.82) is 0 Å².